The molecule has 1 amide bonds. The zero-order valence-electron chi connectivity index (χ0n) is 9.75. The summed E-state index contributed by atoms with van der Waals surface area (Å²) in [6.07, 6.45) is -3.60. The van der Waals surface area contributed by atoms with Crippen LogP contribution in [0.25, 0.3) is 11.2 Å². The molecule has 0 radical (unpaired) electrons. The van der Waals surface area contributed by atoms with Gasteiger partial charge in [-0.25, -0.2) is 9.78 Å². The lowest BCUT2D eigenvalue weighted by Gasteiger charge is -2.11. The average Bonchev–Trinajstić information content (AvgIpc) is 2.79. The number of rotatable bonds is 3. The standard InChI is InChI=1S/C9H11N5O5/c1-14-7-2(8(18)13-9(14)19)11-6(12-7)4(16)3(15)5(10)17/h3-4,15-16H,1H3,(H2,10,17)(H,11,12)(H,13,18,19). The Morgan fingerprint density at radius 3 is 2.58 bits per heavy atom. The first kappa shape index (κ1) is 13.0. The Labute approximate surface area is 104 Å². The van der Waals surface area contributed by atoms with Crippen LogP contribution in [0.4, 0.5) is 0 Å². The number of carbonyl (C=O) groups is 1. The highest BCUT2D eigenvalue weighted by Gasteiger charge is 2.27. The van der Waals surface area contributed by atoms with Gasteiger partial charge in [-0.3, -0.25) is 19.1 Å². The number of nitrogens with zero attached hydrogens (tertiary/aromatic N) is 2. The normalized spacial score (nSPS) is 14.5. The molecular weight excluding hydrogens is 258 g/mol. The molecule has 2 unspecified atom stereocenters. The monoisotopic (exact) mass is 269 g/mol. The van der Waals surface area contributed by atoms with Crippen molar-refractivity contribution in [1.29, 1.82) is 0 Å². The Hall–Kier alpha value is -2.46. The Balaban J connectivity index is 2.63. The molecule has 6 N–H and O–H groups in total. The van der Waals surface area contributed by atoms with Crippen molar-refractivity contribution in [3.63, 3.8) is 0 Å². The van der Waals surface area contributed by atoms with Gasteiger partial charge in [0.1, 0.15) is 17.4 Å². The molecular formula is C9H11N5O5. The summed E-state index contributed by atoms with van der Waals surface area (Å²) in [7, 11) is 1.36. The highest BCUT2D eigenvalue weighted by molar-refractivity contribution is 5.79. The quantitative estimate of drug-likeness (QED) is 0.394. The molecule has 2 heterocycles. The maximum absolute atomic E-state index is 11.5. The van der Waals surface area contributed by atoms with E-state index in [-0.39, 0.29) is 17.0 Å². The van der Waals surface area contributed by atoms with Crippen LogP contribution < -0.4 is 17.0 Å². The fourth-order valence-corrected chi connectivity index (χ4v) is 1.57. The third-order valence-electron chi connectivity index (χ3n) is 2.64. The van der Waals surface area contributed by atoms with Crippen molar-refractivity contribution in [2.75, 3.05) is 0 Å². The van der Waals surface area contributed by atoms with Crippen molar-refractivity contribution < 1.29 is 15.0 Å². The zero-order valence-corrected chi connectivity index (χ0v) is 9.75. The van der Waals surface area contributed by atoms with E-state index in [9.17, 15) is 24.6 Å². The second-order valence-electron chi connectivity index (χ2n) is 3.93. The van der Waals surface area contributed by atoms with Crippen molar-refractivity contribution in [2.24, 2.45) is 12.8 Å². The van der Waals surface area contributed by atoms with Gasteiger partial charge in [0.25, 0.3) is 5.56 Å². The SMILES string of the molecule is Cn1c(=O)[nH]c(=O)c2[nH]c(C(O)C(O)C(N)=O)nc21. The van der Waals surface area contributed by atoms with E-state index in [1.54, 1.807) is 0 Å². The van der Waals surface area contributed by atoms with Crippen LogP contribution in [-0.2, 0) is 11.8 Å². The van der Waals surface area contributed by atoms with E-state index < -0.39 is 29.4 Å². The Kier molecular flexibility index (Phi) is 2.96. The third-order valence-corrected chi connectivity index (χ3v) is 2.64. The van der Waals surface area contributed by atoms with Crippen molar-refractivity contribution in [1.82, 2.24) is 19.5 Å². The Bertz CT molecular complexity index is 756. The number of hydrogen-bond acceptors (Lipinski definition) is 6. The first-order chi connectivity index (χ1) is 8.82. The molecule has 19 heavy (non-hydrogen) atoms. The number of aliphatic hydroxyl groups is 2. The van der Waals surface area contributed by atoms with Gasteiger partial charge in [-0.2, -0.15) is 0 Å². The molecule has 0 spiro atoms. The number of aromatic amines is 2. The van der Waals surface area contributed by atoms with Gasteiger partial charge in [0.05, 0.1) is 0 Å². The van der Waals surface area contributed by atoms with Crippen molar-refractivity contribution in [2.45, 2.75) is 12.2 Å². The summed E-state index contributed by atoms with van der Waals surface area (Å²) in [6.45, 7) is 0. The van der Waals surface area contributed by atoms with Crippen LogP contribution in [0.3, 0.4) is 0 Å². The predicted octanol–water partition coefficient (Wildman–Crippen LogP) is -3.17. The van der Waals surface area contributed by atoms with Crippen LogP contribution in [0.5, 0.6) is 0 Å². The zero-order chi connectivity index (χ0) is 14.3. The lowest BCUT2D eigenvalue weighted by atomic mass is 10.2. The molecule has 0 aliphatic carbocycles. The van der Waals surface area contributed by atoms with E-state index in [0.717, 1.165) is 4.57 Å². The van der Waals surface area contributed by atoms with Gasteiger partial charge in [-0.1, -0.05) is 0 Å². The molecule has 102 valence electrons. The minimum Gasteiger partial charge on any atom is -0.382 e. The fraction of sp³-hybridized carbons (Fsp3) is 0.333. The van der Waals surface area contributed by atoms with Gasteiger partial charge in [-0.15, -0.1) is 0 Å². The first-order valence-electron chi connectivity index (χ1n) is 5.17. The molecule has 2 aromatic heterocycles. The van der Waals surface area contributed by atoms with E-state index >= 15 is 0 Å². The first-order valence-corrected chi connectivity index (χ1v) is 5.17. The van der Waals surface area contributed by atoms with Gasteiger partial charge in [0.2, 0.25) is 5.91 Å². The van der Waals surface area contributed by atoms with E-state index in [4.69, 9.17) is 5.73 Å². The van der Waals surface area contributed by atoms with Gasteiger partial charge >= 0.3 is 5.69 Å². The van der Waals surface area contributed by atoms with Gasteiger partial charge in [0.15, 0.2) is 11.8 Å². The van der Waals surface area contributed by atoms with E-state index in [2.05, 4.69) is 9.97 Å². The molecule has 0 saturated carbocycles. The number of fused-ring (bicyclic) bond motifs is 1. The highest BCUT2D eigenvalue weighted by Crippen LogP contribution is 2.15. The molecule has 0 aromatic carbocycles. The maximum Gasteiger partial charge on any atom is 0.329 e. The summed E-state index contributed by atoms with van der Waals surface area (Å²) in [5.41, 5.74) is 3.36. The van der Waals surface area contributed by atoms with Crippen molar-refractivity contribution in [3.05, 3.63) is 26.7 Å². The number of amides is 1. The van der Waals surface area contributed by atoms with Crippen molar-refractivity contribution >= 4 is 17.1 Å². The molecule has 2 atom stereocenters. The highest BCUT2D eigenvalue weighted by atomic mass is 16.3. The predicted molar refractivity (Wildman–Crippen MR) is 62.1 cm³/mol. The minimum atomic E-state index is -1.88. The molecule has 0 bridgehead atoms. The number of H-pyrrole nitrogens is 2. The molecule has 0 aliphatic heterocycles. The maximum atomic E-state index is 11.5. The smallest absolute Gasteiger partial charge is 0.329 e. The Morgan fingerprint density at radius 1 is 1.37 bits per heavy atom. The van der Waals surface area contributed by atoms with Crippen molar-refractivity contribution in [3.8, 4) is 0 Å². The molecule has 2 aromatic rings. The lowest BCUT2D eigenvalue weighted by molar-refractivity contribution is -0.132. The van der Waals surface area contributed by atoms with E-state index in [1.165, 1.54) is 7.05 Å². The summed E-state index contributed by atoms with van der Waals surface area (Å²) < 4.78 is 1.04. The van der Waals surface area contributed by atoms with E-state index in [0.29, 0.717) is 0 Å². The summed E-state index contributed by atoms with van der Waals surface area (Å²) in [4.78, 5) is 41.9. The Morgan fingerprint density at radius 2 is 2.00 bits per heavy atom. The number of primary amides is 1. The fourth-order valence-electron chi connectivity index (χ4n) is 1.57. The number of nitrogens with one attached hydrogen (secondary N) is 2. The van der Waals surface area contributed by atoms with Crippen LogP contribution in [0, 0.1) is 0 Å². The van der Waals surface area contributed by atoms with E-state index in [1.807, 2.05) is 4.98 Å². The molecule has 0 aliphatic rings. The summed E-state index contributed by atoms with van der Waals surface area (Å²) >= 11 is 0. The average molecular weight is 269 g/mol. The summed E-state index contributed by atoms with van der Waals surface area (Å²) in [5, 5.41) is 19.0. The summed E-state index contributed by atoms with van der Waals surface area (Å²) in [6, 6.07) is 0. The topological polar surface area (TPSA) is 167 Å². The van der Waals surface area contributed by atoms with Crippen LogP contribution in [0.2, 0.25) is 0 Å². The van der Waals surface area contributed by atoms with Crippen LogP contribution in [0.1, 0.15) is 11.9 Å². The number of hydrogen-bond donors (Lipinski definition) is 5. The lowest BCUT2D eigenvalue weighted by Crippen LogP contribution is -2.34. The molecule has 0 saturated heterocycles. The number of aromatic nitrogens is 4. The van der Waals surface area contributed by atoms with Gasteiger partial charge in [-0.05, 0) is 0 Å². The van der Waals surface area contributed by atoms with Gasteiger partial charge < -0.3 is 20.9 Å². The molecule has 2 rings (SSSR count). The number of imidazole rings is 1. The van der Waals surface area contributed by atoms with Gasteiger partial charge in [0, 0.05) is 7.05 Å². The number of carbonyl (C=O) groups excluding carboxylic acids is 1. The van der Waals surface area contributed by atoms with Crippen LogP contribution in [0.15, 0.2) is 9.59 Å². The number of aryl methyl sites for hydroxylation is 1. The molecule has 0 fully saturated rings. The minimum absolute atomic E-state index is 0.0144. The van der Waals surface area contributed by atoms with Crippen LogP contribution >= 0.6 is 0 Å². The second kappa shape index (κ2) is 4.33. The third kappa shape index (κ3) is 2.02. The molecule has 10 heteroatoms. The largest absolute Gasteiger partial charge is 0.382 e. The number of nitrogens with two attached hydrogens (primary N) is 1. The second-order valence-corrected chi connectivity index (χ2v) is 3.93. The number of aliphatic hydroxyl groups excluding tert-OH is 2. The molecule has 10 nitrogen and oxygen atoms in total. The summed E-state index contributed by atoms with van der Waals surface area (Å²) in [5.74, 6) is -1.39. The van der Waals surface area contributed by atoms with Crippen LogP contribution in [-0.4, -0.2) is 41.7 Å².